The minimum Gasteiger partial charge on any atom is -0.309 e. The maximum absolute atomic E-state index is 2.54. The molecule has 4 aliphatic rings. The molecule has 0 saturated heterocycles. The molecule has 2 heterocycles. The summed E-state index contributed by atoms with van der Waals surface area (Å²) in [7, 11) is 0. The predicted molar refractivity (Wildman–Crippen MR) is 260 cm³/mol. The molecule has 4 aliphatic carbocycles. The van der Waals surface area contributed by atoms with Gasteiger partial charge < -0.3 is 9.13 Å². The van der Waals surface area contributed by atoms with E-state index in [4.69, 9.17) is 0 Å². The van der Waals surface area contributed by atoms with Crippen molar-refractivity contribution in [1.29, 1.82) is 0 Å². The van der Waals surface area contributed by atoms with Gasteiger partial charge in [-0.25, -0.2) is 0 Å². The summed E-state index contributed by atoms with van der Waals surface area (Å²) < 4.78 is 5.05. The lowest BCUT2D eigenvalue weighted by Gasteiger charge is -2.50. The molecule has 0 spiro atoms. The molecular formula is C61H38N2. The zero-order valence-corrected chi connectivity index (χ0v) is 34.9. The fourth-order valence-electron chi connectivity index (χ4n) is 14.3. The van der Waals surface area contributed by atoms with Crippen molar-refractivity contribution >= 4 is 65.2 Å². The first-order valence-electron chi connectivity index (χ1n) is 22.4. The van der Waals surface area contributed by atoms with Gasteiger partial charge in [0, 0.05) is 37.7 Å². The molecule has 0 radical (unpaired) electrons. The Bertz CT molecular complexity index is 3740. The summed E-state index contributed by atoms with van der Waals surface area (Å²) in [6.45, 7) is 4.88. The van der Waals surface area contributed by atoms with Crippen molar-refractivity contribution in [3.63, 3.8) is 0 Å². The van der Waals surface area contributed by atoms with Gasteiger partial charge in [-0.15, -0.1) is 0 Å². The minimum atomic E-state index is -0.521. The van der Waals surface area contributed by atoms with Crippen molar-refractivity contribution in [2.24, 2.45) is 0 Å². The van der Waals surface area contributed by atoms with Crippen LogP contribution in [0.1, 0.15) is 58.4 Å². The average Bonchev–Trinajstić information content (AvgIpc) is 4.07. The third-order valence-corrected chi connectivity index (χ3v) is 16.4. The van der Waals surface area contributed by atoms with E-state index in [0.29, 0.717) is 0 Å². The zero-order valence-electron chi connectivity index (χ0n) is 34.9. The number of nitrogens with zero attached hydrogens (tertiary/aromatic N) is 2. The van der Waals surface area contributed by atoms with Gasteiger partial charge in [-0.3, -0.25) is 0 Å². The maximum Gasteiger partial charge on any atom is 0.0648 e. The third-order valence-electron chi connectivity index (χ3n) is 16.4. The summed E-state index contributed by atoms with van der Waals surface area (Å²) in [4.78, 5) is 0. The van der Waals surface area contributed by atoms with Crippen molar-refractivity contribution in [1.82, 2.24) is 9.13 Å². The standard InChI is InChI=1S/C61H38N2/c1-59(2)41-21-13-25-45-57(41)58-42(59)22-14-26-46(58)61-47-31-33-53(62-49-27-7-3-15-35(49)36-16-4-8-28-50(36)62)39-19-11-23-43(55(39)47)60(45,61)44-24-12-20-40-54(34-32-48(61)56(40)44)63-51-29-9-5-17-37(51)38-18-6-10-30-52(38)63/h3-34H,1-2H3. The molecule has 16 rings (SSSR count). The summed E-state index contributed by atoms with van der Waals surface area (Å²) in [5.41, 5.74) is 20.5. The van der Waals surface area contributed by atoms with Crippen LogP contribution in [0, 0.1) is 0 Å². The van der Waals surface area contributed by atoms with Crippen molar-refractivity contribution in [3.8, 4) is 22.5 Å². The molecule has 2 nitrogen and oxygen atoms in total. The lowest BCUT2D eigenvalue weighted by Crippen LogP contribution is -2.48. The van der Waals surface area contributed by atoms with Gasteiger partial charge in [-0.05, 0) is 103 Å². The molecule has 0 saturated carbocycles. The van der Waals surface area contributed by atoms with E-state index >= 15 is 0 Å². The summed E-state index contributed by atoms with van der Waals surface area (Å²) in [6, 6.07) is 74.8. The van der Waals surface area contributed by atoms with Gasteiger partial charge >= 0.3 is 0 Å². The Labute approximate surface area is 363 Å². The van der Waals surface area contributed by atoms with Crippen LogP contribution >= 0.6 is 0 Å². The molecule has 292 valence electrons. The molecule has 0 atom stereocenters. The molecule has 2 aromatic heterocycles. The maximum atomic E-state index is 2.54. The average molecular weight is 799 g/mol. The Balaban J connectivity index is 1.11. The molecule has 2 heteroatoms. The van der Waals surface area contributed by atoms with Crippen molar-refractivity contribution in [2.75, 3.05) is 0 Å². The van der Waals surface area contributed by atoms with Crippen LogP contribution in [-0.4, -0.2) is 9.13 Å². The van der Waals surface area contributed by atoms with Crippen LogP contribution in [0.5, 0.6) is 0 Å². The van der Waals surface area contributed by atoms with Crippen LogP contribution in [0.25, 0.3) is 87.7 Å². The van der Waals surface area contributed by atoms with Gasteiger partial charge in [-0.1, -0.05) is 172 Å². The minimum absolute atomic E-state index is 0.124. The van der Waals surface area contributed by atoms with Crippen LogP contribution in [0.3, 0.4) is 0 Å². The van der Waals surface area contributed by atoms with E-state index in [0.717, 1.165) is 0 Å². The van der Waals surface area contributed by atoms with Gasteiger partial charge in [0.1, 0.15) is 0 Å². The van der Waals surface area contributed by atoms with E-state index in [1.54, 1.807) is 0 Å². The van der Waals surface area contributed by atoms with Gasteiger partial charge in [-0.2, -0.15) is 0 Å². The number of rotatable bonds is 2. The highest BCUT2D eigenvalue weighted by molar-refractivity contribution is 6.17. The Hall–Kier alpha value is -7.68. The van der Waals surface area contributed by atoms with Crippen LogP contribution in [-0.2, 0) is 16.2 Å². The summed E-state index contributed by atoms with van der Waals surface area (Å²) in [5.74, 6) is 0. The van der Waals surface area contributed by atoms with E-state index in [1.165, 1.54) is 132 Å². The fraction of sp³-hybridized carbons (Fsp3) is 0.0820. The summed E-state index contributed by atoms with van der Waals surface area (Å²) in [5, 5.41) is 10.5. The Kier molecular flexibility index (Phi) is 5.59. The van der Waals surface area contributed by atoms with E-state index < -0.39 is 10.8 Å². The number of aromatic nitrogens is 2. The Morgan fingerprint density at radius 3 is 0.968 bits per heavy atom. The normalized spacial score (nSPS) is 19.2. The highest BCUT2D eigenvalue weighted by Crippen LogP contribution is 2.77. The van der Waals surface area contributed by atoms with Gasteiger partial charge in [0.2, 0.25) is 0 Å². The lowest BCUT2D eigenvalue weighted by molar-refractivity contribution is 0.461. The Morgan fingerprint density at radius 2 is 0.571 bits per heavy atom. The number of fused-ring (bicyclic) bond motifs is 6. The van der Waals surface area contributed by atoms with Gasteiger partial charge in [0.05, 0.1) is 44.3 Å². The fourth-order valence-corrected chi connectivity index (χ4v) is 14.3. The molecule has 63 heavy (non-hydrogen) atoms. The van der Waals surface area contributed by atoms with E-state index in [2.05, 4.69) is 217 Å². The molecule has 12 aromatic rings. The molecule has 0 aliphatic heterocycles. The quantitative estimate of drug-likeness (QED) is 0.165. The largest absolute Gasteiger partial charge is 0.309 e. The molecular weight excluding hydrogens is 761 g/mol. The van der Waals surface area contributed by atoms with E-state index in [9.17, 15) is 0 Å². The lowest BCUT2D eigenvalue weighted by atomic mass is 9.50. The SMILES string of the molecule is CC1(C)c2cccc3c2-c2c1cccc2C12c4ccc(-n5c6ccccc6c6ccccc65)c5cccc(c45)C31c1cccc3c(-n4c5ccccc5c5ccccc54)ccc2c13. The van der Waals surface area contributed by atoms with E-state index in [-0.39, 0.29) is 5.41 Å². The van der Waals surface area contributed by atoms with Crippen LogP contribution < -0.4 is 0 Å². The highest BCUT2D eigenvalue weighted by Gasteiger charge is 2.70. The molecule has 0 amide bonds. The summed E-state index contributed by atoms with van der Waals surface area (Å²) in [6.07, 6.45) is 0. The topological polar surface area (TPSA) is 9.86 Å². The second-order valence-corrected chi connectivity index (χ2v) is 19.0. The second-order valence-electron chi connectivity index (χ2n) is 19.0. The number of benzene rings is 10. The molecule has 0 bridgehead atoms. The van der Waals surface area contributed by atoms with Crippen LogP contribution in [0.4, 0.5) is 0 Å². The first kappa shape index (κ1) is 33.0. The molecule has 10 aromatic carbocycles. The Morgan fingerprint density at radius 1 is 0.270 bits per heavy atom. The first-order valence-corrected chi connectivity index (χ1v) is 22.4. The van der Waals surface area contributed by atoms with Crippen molar-refractivity contribution < 1.29 is 0 Å². The van der Waals surface area contributed by atoms with Crippen LogP contribution in [0.2, 0.25) is 0 Å². The summed E-state index contributed by atoms with van der Waals surface area (Å²) >= 11 is 0. The molecule has 0 fully saturated rings. The van der Waals surface area contributed by atoms with Crippen molar-refractivity contribution in [2.45, 2.75) is 30.1 Å². The predicted octanol–water partition coefficient (Wildman–Crippen LogP) is 14.8. The zero-order chi connectivity index (χ0) is 41.1. The number of hydrogen-bond acceptors (Lipinski definition) is 0. The number of para-hydroxylation sites is 4. The molecule has 0 N–H and O–H groups in total. The van der Waals surface area contributed by atoms with Gasteiger partial charge in [0.15, 0.2) is 0 Å². The smallest absolute Gasteiger partial charge is 0.0648 e. The third kappa shape index (κ3) is 3.33. The van der Waals surface area contributed by atoms with E-state index in [1.807, 2.05) is 0 Å². The number of hydrogen-bond donors (Lipinski definition) is 0. The van der Waals surface area contributed by atoms with Gasteiger partial charge in [0.25, 0.3) is 0 Å². The van der Waals surface area contributed by atoms with Crippen molar-refractivity contribution in [3.05, 3.63) is 239 Å². The monoisotopic (exact) mass is 798 g/mol. The second kappa shape index (κ2) is 10.7. The highest BCUT2D eigenvalue weighted by atomic mass is 15.0. The first-order chi connectivity index (χ1) is 31.1. The molecule has 0 unspecified atom stereocenters. The van der Waals surface area contributed by atoms with Crippen LogP contribution in [0.15, 0.2) is 194 Å².